The van der Waals surface area contributed by atoms with E-state index >= 15 is 0 Å². The van der Waals surface area contributed by atoms with Crippen molar-refractivity contribution in [2.45, 2.75) is 12.2 Å². The van der Waals surface area contributed by atoms with E-state index in [-0.39, 0.29) is 5.25 Å². The van der Waals surface area contributed by atoms with Crippen molar-refractivity contribution in [1.29, 1.82) is 0 Å². The summed E-state index contributed by atoms with van der Waals surface area (Å²) >= 11 is 0. The second kappa shape index (κ2) is 6.39. The van der Waals surface area contributed by atoms with Crippen molar-refractivity contribution < 1.29 is 13.7 Å². The Balaban J connectivity index is 2.93. The number of carbonyl (C=O) groups is 1. The molecule has 0 bridgehead atoms. The standard InChI is InChI=1S/C12H18N2O3S/c1-8(18(3)16)7-14-11-9(12(15)17-2)5-4-6-10(11)13/h4-6,8,14H,7,13H2,1-3H3. The lowest BCUT2D eigenvalue weighted by atomic mass is 10.1. The number of anilines is 2. The predicted octanol–water partition coefficient (Wildman–Crippen LogP) is 1.23. The van der Waals surface area contributed by atoms with Gasteiger partial charge in [-0.1, -0.05) is 6.07 Å². The topological polar surface area (TPSA) is 81.4 Å². The van der Waals surface area contributed by atoms with E-state index in [1.165, 1.54) is 7.11 Å². The molecule has 0 spiro atoms. The van der Waals surface area contributed by atoms with Gasteiger partial charge in [0, 0.05) is 28.9 Å². The predicted molar refractivity (Wildman–Crippen MR) is 74.2 cm³/mol. The number of hydrogen-bond donors (Lipinski definition) is 2. The molecule has 0 amide bonds. The summed E-state index contributed by atoms with van der Waals surface area (Å²) in [5.41, 5.74) is 7.21. The average Bonchev–Trinajstić information content (AvgIpc) is 2.35. The highest BCUT2D eigenvalue weighted by molar-refractivity contribution is 7.84. The number of nitrogens with two attached hydrogens (primary N) is 1. The van der Waals surface area contributed by atoms with Crippen LogP contribution in [0.5, 0.6) is 0 Å². The number of nitrogen functional groups attached to an aromatic ring is 1. The molecule has 0 aliphatic carbocycles. The van der Waals surface area contributed by atoms with E-state index in [1.807, 2.05) is 6.92 Å². The molecule has 0 saturated carbocycles. The van der Waals surface area contributed by atoms with Gasteiger partial charge in [-0.3, -0.25) is 4.21 Å². The largest absolute Gasteiger partial charge is 0.465 e. The maximum Gasteiger partial charge on any atom is 0.340 e. The Morgan fingerprint density at radius 1 is 1.56 bits per heavy atom. The molecule has 0 radical (unpaired) electrons. The third-order valence-electron chi connectivity index (χ3n) is 2.63. The first-order valence-electron chi connectivity index (χ1n) is 5.50. The summed E-state index contributed by atoms with van der Waals surface area (Å²) in [6.45, 7) is 2.33. The van der Waals surface area contributed by atoms with Gasteiger partial charge in [-0.15, -0.1) is 0 Å². The number of methoxy groups -OCH3 is 1. The second-order valence-corrected chi connectivity index (χ2v) is 5.75. The van der Waals surface area contributed by atoms with Crippen molar-refractivity contribution in [3.63, 3.8) is 0 Å². The third kappa shape index (κ3) is 3.46. The van der Waals surface area contributed by atoms with Crippen LogP contribution in [0.4, 0.5) is 11.4 Å². The SMILES string of the molecule is COC(=O)c1cccc(N)c1NCC(C)S(C)=O. The highest BCUT2D eigenvalue weighted by Gasteiger charge is 2.15. The van der Waals surface area contributed by atoms with Crippen LogP contribution >= 0.6 is 0 Å². The fourth-order valence-corrected chi connectivity index (χ4v) is 1.73. The first-order valence-corrected chi connectivity index (χ1v) is 7.12. The first-order chi connectivity index (χ1) is 8.47. The number of rotatable bonds is 5. The Morgan fingerprint density at radius 2 is 2.22 bits per heavy atom. The van der Waals surface area contributed by atoms with Crippen molar-refractivity contribution in [2.75, 3.05) is 31.0 Å². The normalized spacial score (nSPS) is 13.7. The number of ether oxygens (including phenoxy) is 1. The molecule has 100 valence electrons. The molecule has 0 aromatic heterocycles. The van der Waals surface area contributed by atoms with Gasteiger partial charge >= 0.3 is 5.97 Å². The van der Waals surface area contributed by atoms with Crippen LogP contribution in [-0.4, -0.2) is 35.3 Å². The highest BCUT2D eigenvalue weighted by Crippen LogP contribution is 2.24. The Hall–Kier alpha value is -1.56. The molecule has 1 aromatic rings. The molecule has 2 atom stereocenters. The molecule has 0 saturated heterocycles. The lowest BCUT2D eigenvalue weighted by Crippen LogP contribution is -2.22. The van der Waals surface area contributed by atoms with Crippen molar-refractivity contribution in [3.05, 3.63) is 23.8 Å². The van der Waals surface area contributed by atoms with Gasteiger partial charge in [0.25, 0.3) is 0 Å². The van der Waals surface area contributed by atoms with Gasteiger partial charge in [-0.25, -0.2) is 4.79 Å². The summed E-state index contributed by atoms with van der Waals surface area (Å²) in [5.74, 6) is -0.449. The number of esters is 1. The molecule has 1 rings (SSSR count). The Kier molecular flexibility index (Phi) is 5.15. The monoisotopic (exact) mass is 270 g/mol. The zero-order valence-corrected chi connectivity index (χ0v) is 11.5. The van der Waals surface area contributed by atoms with Crippen LogP contribution in [0.2, 0.25) is 0 Å². The maximum absolute atomic E-state index is 11.6. The molecule has 0 heterocycles. The molecule has 6 heteroatoms. The van der Waals surface area contributed by atoms with Crippen LogP contribution in [0.1, 0.15) is 17.3 Å². The molecule has 3 N–H and O–H groups in total. The van der Waals surface area contributed by atoms with Gasteiger partial charge in [0.05, 0.1) is 24.0 Å². The molecule has 2 unspecified atom stereocenters. The zero-order chi connectivity index (χ0) is 13.7. The van der Waals surface area contributed by atoms with Crippen LogP contribution in [0.3, 0.4) is 0 Å². The van der Waals surface area contributed by atoms with E-state index in [0.29, 0.717) is 23.5 Å². The molecule has 0 aliphatic rings. The Morgan fingerprint density at radius 3 is 2.78 bits per heavy atom. The Bertz CT molecular complexity index is 463. The molecule has 0 aliphatic heterocycles. The fraction of sp³-hybridized carbons (Fsp3) is 0.417. The minimum atomic E-state index is -0.929. The highest BCUT2D eigenvalue weighted by atomic mass is 32.2. The fourth-order valence-electron chi connectivity index (χ4n) is 1.41. The summed E-state index contributed by atoms with van der Waals surface area (Å²) in [6, 6.07) is 5.02. The minimum Gasteiger partial charge on any atom is -0.465 e. The van der Waals surface area contributed by atoms with Gasteiger partial charge in [0.15, 0.2) is 0 Å². The average molecular weight is 270 g/mol. The van der Waals surface area contributed by atoms with Crippen LogP contribution < -0.4 is 11.1 Å². The second-order valence-electron chi connectivity index (χ2n) is 3.95. The molecule has 1 aromatic carbocycles. The maximum atomic E-state index is 11.6. The third-order valence-corrected chi connectivity index (χ3v) is 3.93. The molecule has 5 nitrogen and oxygen atoms in total. The van der Waals surface area contributed by atoms with Gasteiger partial charge < -0.3 is 15.8 Å². The molecule has 18 heavy (non-hydrogen) atoms. The van der Waals surface area contributed by atoms with E-state index < -0.39 is 16.8 Å². The molecular weight excluding hydrogens is 252 g/mol. The minimum absolute atomic E-state index is 0.0323. The number of carbonyl (C=O) groups excluding carboxylic acids is 1. The van der Waals surface area contributed by atoms with Crippen LogP contribution in [-0.2, 0) is 15.5 Å². The van der Waals surface area contributed by atoms with Crippen molar-refractivity contribution >= 4 is 28.1 Å². The van der Waals surface area contributed by atoms with Crippen molar-refractivity contribution in [3.8, 4) is 0 Å². The first kappa shape index (κ1) is 14.5. The van der Waals surface area contributed by atoms with Gasteiger partial charge in [0.2, 0.25) is 0 Å². The summed E-state index contributed by atoms with van der Waals surface area (Å²) in [7, 11) is 0.389. The van der Waals surface area contributed by atoms with Crippen molar-refractivity contribution in [1.82, 2.24) is 0 Å². The van der Waals surface area contributed by atoms with Crippen LogP contribution in [0.15, 0.2) is 18.2 Å². The molecule has 0 fully saturated rings. The van der Waals surface area contributed by atoms with Crippen LogP contribution in [0.25, 0.3) is 0 Å². The van der Waals surface area contributed by atoms with Crippen molar-refractivity contribution in [2.24, 2.45) is 0 Å². The van der Waals surface area contributed by atoms with Gasteiger partial charge in [0.1, 0.15) is 0 Å². The smallest absolute Gasteiger partial charge is 0.340 e. The van der Waals surface area contributed by atoms with E-state index in [9.17, 15) is 9.00 Å². The quantitative estimate of drug-likeness (QED) is 0.621. The lowest BCUT2D eigenvalue weighted by molar-refractivity contribution is 0.0602. The summed E-state index contributed by atoms with van der Waals surface area (Å²) in [5, 5.41) is 3.03. The van der Waals surface area contributed by atoms with Gasteiger partial charge in [-0.2, -0.15) is 0 Å². The van der Waals surface area contributed by atoms with Crippen LogP contribution in [0, 0.1) is 0 Å². The van der Waals surface area contributed by atoms with Gasteiger partial charge in [-0.05, 0) is 19.1 Å². The summed E-state index contributed by atoms with van der Waals surface area (Å²) in [4.78, 5) is 11.6. The number of hydrogen-bond acceptors (Lipinski definition) is 5. The van der Waals surface area contributed by atoms with E-state index in [1.54, 1.807) is 24.5 Å². The summed E-state index contributed by atoms with van der Waals surface area (Å²) < 4.78 is 16.0. The summed E-state index contributed by atoms with van der Waals surface area (Å²) in [6.07, 6.45) is 1.64. The number of nitrogens with one attached hydrogen (secondary N) is 1. The Labute approximate surface area is 109 Å². The number of para-hydroxylation sites is 1. The van der Waals surface area contributed by atoms with E-state index in [0.717, 1.165) is 0 Å². The van der Waals surface area contributed by atoms with E-state index in [2.05, 4.69) is 5.32 Å². The molecular formula is C12H18N2O3S. The lowest BCUT2D eigenvalue weighted by Gasteiger charge is -2.15. The number of benzene rings is 1. The zero-order valence-electron chi connectivity index (χ0n) is 10.7. The van der Waals surface area contributed by atoms with E-state index in [4.69, 9.17) is 10.5 Å².